The summed E-state index contributed by atoms with van der Waals surface area (Å²) >= 11 is 0. The molecule has 0 aliphatic heterocycles. The number of hydrogen-bond acceptors (Lipinski definition) is 4. The molecule has 6 heteroatoms. The number of oxazole rings is 1. The summed E-state index contributed by atoms with van der Waals surface area (Å²) in [4.78, 5) is 16.3. The molecule has 0 radical (unpaired) electrons. The van der Waals surface area contributed by atoms with Crippen molar-refractivity contribution >= 4 is 18.3 Å². The minimum absolute atomic E-state index is 0. The van der Waals surface area contributed by atoms with Gasteiger partial charge in [-0.2, -0.15) is 0 Å². The molecule has 2 aromatic rings. The number of nitrogens with zero attached hydrogens (tertiary/aromatic N) is 1. The maximum Gasteiger partial charge on any atom is 0.289 e. The summed E-state index contributed by atoms with van der Waals surface area (Å²) in [5, 5.41) is 2.75. The number of nitrogens with two attached hydrogens (primary N) is 1. The highest BCUT2D eigenvalue weighted by atomic mass is 35.5. The first-order valence-electron chi connectivity index (χ1n) is 6.47. The zero-order valence-corrected chi connectivity index (χ0v) is 13.2. The highest BCUT2D eigenvalue weighted by molar-refractivity contribution is 5.92. The molecule has 3 N–H and O–H groups in total. The minimum Gasteiger partial charge on any atom is -0.431 e. The van der Waals surface area contributed by atoms with Crippen LogP contribution in [0.2, 0.25) is 0 Å². The van der Waals surface area contributed by atoms with Crippen LogP contribution in [0.25, 0.3) is 11.5 Å². The van der Waals surface area contributed by atoms with Crippen molar-refractivity contribution in [2.75, 3.05) is 6.54 Å². The maximum absolute atomic E-state index is 12.1. The van der Waals surface area contributed by atoms with Gasteiger partial charge in [0.05, 0.1) is 5.69 Å². The number of amides is 1. The summed E-state index contributed by atoms with van der Waals surface area (Å²) in [5.41, 5.74) is 6.78. The fourth-order valence-electron chi connectivity index (χ4n) is 1.70. The largest absolute Gasteiger partial charge is 0.431 e. The van der Waals surface area contributed by atoms with Gasteiger partial charge in [0.25, 0.3) is 5.91 Å². The van der Waals surface area contributed by atoms with Crippen LogP contribution in [0.15, 0.2) is 34.7 Å². The van der Waals surface area contributed by atoms with Crippen molar-refractivity contribution in [2.45, 2.75) is 26.3 Å². The highest BCUT2D eigenvalue weighted by Gasteiger charge is 2.20. The summed E-state index contributed by atoms with van der Waals surface area (Å²) < 4.78 is 5.56. The average molecular weight is 310 g/mol. The summed E-state index contributed by atoms with van der Waals surface area (Å²) in [6, 6.07) is 9.47. The van der Waals surface area contributed by atoms with Gasteiger partial charge in [0, 0.05) is 17.6 Å². The molecule has 1 aromatic carbocycles. The van der Waals surface area contributed by atoms with Gasteiger partial charge in [-0.05, 0) is 32.9 Å². The molecule has 114 valence electrons. The van der Waals surface area contributed by atoms with E-state index >= 15 is 0 Å². The number of aryl methyl sites for hydroxylation is 1. The number of carbonyl (C=O) groups is 1. The number of aromatic nitrogens is 1. The number of nitrogens with one attached hydrogen (secondary N) is 1. The molecule has 0 saturated carbocycles. The van der Waals surface area contributed by atoms with Gasteiger partial charge in [0.15, 0.2) is 0 Å². The lowest BCUT2D eigenvalue weighted by atomic mass is 10.1. The number of hydrogen-bond donors (Lipinski definition) is 2. The Morgan fingerprint density at radius 2 is 1.95 bits per heavy atom. The molecular weight excluding hydrogens is 290 g/mol. The zero-order chi connectivity index (χ0) is 14.8. The fraction of sp³-hybridized carbons (Fsp3) is 0.333. The van der Waals surface area contributed by atoms with Crippen molar-refractivity contribution in [1.82, 2.24) is 10.3 Å². The summed E-state index contributed by atoms with van der Waals surface area (Å²) in [6.07, 6.45) is 0. The summed E-state index contributed by atoms with van der Waals surface area (Å²) in [6.45, 7) is 5.80. The quantitative estimate of drug-likeness (QED) is 0.909. The van der Waals surface area contributed by atoms with Crippen molar-refractivity contribution in [3.8, 4) is 11.5 Å². The van der Waals surface area contributed by atoms with Crippen molar-refractivity contribution in [3.63, 3.8) is 0 Å². The number of benzene rings is 1. The van der Waals surface area contributed by atoms with Crippen LogP contribution in [-0.2, 0) is 0 Å². The van der Waals surface area contributed by atoms with Crippen LogP contribution in [-0.4, -0.2) is 23.0 Å². The van der Waals surface area contributed by atoms with Gasteiger partial charge >= 0.3 is 0 Å². The molecule has 0 atom stereocenters. The maximum atomic E-state index is 12.1. The standard InChI is InChI=1S/C15H19N3O2.ClH/c1-10-12(13(19)17-9-15(2,3)16)20-14(18-10)11-7-5-4-6-8-11;/h4-8H,9,16H2,1-3H3,(H,17,19);1H. The molecule has 0 aliphatic rings. The van der Waals surface area contributed by atoms with Crippen molar-refractivity contribution in [3.05, 3.63) is 41.8 Å². The molecule has 1 amide bonds. The molecule has 1 aromatic heterocycles. The Morgan fingerprint density at radius 3 is 2.52 bits per heavy atom. The second-order valence-electron chi connectivity index (χ2n) is 5.47. The first-order valence-corrected chi connectivity index (χ1v) is 6.47. The molecule has 21 heavy (non-hydrogen) atoms. The van der Waals surface area contributed by atoms with E-state index < -0.39 is 5.54 Å². The topological polar surface area (TPSA) is 81.2 Å². The van der Waals surface area contributed by atoms with Gasteiger partial charge in [0.1, 0.15) is 0 Å². The van der Waals surface area contributed by atoms with Crippen LogP contribution < -0.4 is 11.1 Å². The van der Waals surface area contributed by atoms with E-state index in [4.69, 9.17) is 10.2 Å². The Balaban J connectivity index is 0.00000220. The van der Waals surface area contributed by atoms with Gasteiger partial charge in [-0.3, -0.25) is 4.79 Å². The lowest BCUT2D eigenvalue weighted by molar-refractivity contribution is 0.0918. The molecular formula is C15H20ClN3O2. The Labute approximate surface area is 130 Å². The van der Waals surface area contributed by atoms with Gasteiger partial charge in [0.2, 0.25) is 11.7 Å². The SMILES string of the molecule is Cc1nc(-c2ccccc2)oc1C(=O)NCC(C)(C)N.Cl. The van der Waals surface area contributed by atoms with Gasteiger partial charge < -0.3 is 15.5 Å². The predicted molar refractivity (Wildman–Crippen MR) is 84.5 cm³/mol. The molecule has 0 aliphatic carbocycles. The van der Waals surface area contributed by atoms with E-state index in [1.165, 1.54) is 0 Å². The van der Waals surface area contributed by atoms with E-state index in [-0.39, 0.29) is 24.1 Å². The van der Waals surface area contributed by atoms with Crippen molar-refractivity contribution in [1.29, 1.82) is 0 Å². The van der Waals surface area contributed by atoms with E-state index in [0.717, 1.165) is 5.56 Å². The molecule has 2 rings (SSSR count). The van der Waals surface area contributed by atoms with E-state index in [9.17, 15) is 4.79 Å². The first-order chi connectivity index (χ1) is 9.37. The Hall–Kier alpha value is -1.85. The molecule has 0 fully saturated rings. The fourth-order valence-corrected chi connectivity index (χ4v) is 1.70. The van der Waals surface area contributed by atoms with Gasteiger partial charge in [-0.25, -0.2) is 4.98 Å². The van der Waals surface area contributed by atoms with Gasteiger partial charge in [-0.15, -0.1) is 12.4 Å². The molecule has 5 nitrogen and oxygen atoms in total. The van der Waals surface area contributed by atoms with E-state index in [2.05, 4.69) is 10.3 Å². The lowest BCUT2D eigenvalue weighted by Gasteiger charge is -2.18. The third-order valence-corrected chi connectivity index (χ3v) is 2.73. The monoisotopic (exact) mass is 309 g/mol. The number of rotatable bonds is 4. The third-order valence-electron chi connectivity index (χ3n) is 2.73. The van der Waals surface area contributed by atoms with Crippen LogP contribution in [0.1, 0.15) is 30.1 Å². The second kappa shape index (κ2) is 6.74. The van der Waals surface area contributed by atoms with Crippen LogP contribution in [0, 0.1) is 6.92 Å². The van der Waals surface area contributed by atoms with Gasteiger partial charge in [-0.1, -0.05) is 18.2 Å². The normalized spacial score (nSPS) is 10.9. The third kappa shape index (κ3) is 4.58. The van der Waals surface area contributed by atoms with E-state index in [0.29, 0.717) is 18.1 Å². The van der Waals surface area contributed by atoms with Crippen LogP contribution >= 0.6 is 12.4 Å². The Bertz CT molecular complexity index is 603. The minimum atomic E-state index is -0.466. The Morgan fingerprint density at radius 1 is 1.33 bits per heavy atom. The molecule has 1 heterocycles. The molecule has 0 bridgehead atoms. The van der Waals surface area contributed by atoms with E-state index in [1.807, 2.05) is 44.2 Å². The van der Waals surface area contributed by atoms with E-state index in [1.54, 1.807) is 6.92 Å². The van der Waals surface area contributed by atoms with Crippen LogP contribution in [0.3, 0.4) is 0 Å². The Kier molecular flexibility index (Phi) is 5.52. The molecule has 0 spiro atoms. The summed E-state index contributed by atoms with van der Waals surface area (Å²) in [5.74, 6) is 0.379. The molecule has 0 unspecified atom stereocenters. The summed E-state index contributed by atoms with van der Waals surface area (Å²) in [7, 11) is 0. The molecule has 0 saturated heterocycles. The van der Waals surface area contributed by atoms with Crippen LogP contribution in [0.5, 0.6) is 0 Å². The number of carbonyl (C=O) groups excluding carboxylic acids is 1. The average Bonchev–Trinajstić information content (AvgIpc) is 2.78. The number of halogens is 1. The predicted octanol–water partition coefficient (Wildman–Crippen LogP) is 2.54. The first kappa shape index (κ1) is 17.2. The smallest absolute Gasteiger partial charge is 0.289 e. The zero-order valence-electron chi connectivity index (χ0n) is 12.3. The second-order valence-corrected chi connectivity index (χ2v) is 5.47. The van der Waals surface area contributed by atoms with Crippen molar-refractivity contribution < 1.29 is 9.21 Å². The van der Waals surface area contributed by atoms with Crippen LogP contribution in [0.4, 0.5) is 0 Å². The highest BCUT2D eigenvalue weighted by Crippen LogP contribution is 2.21. The van der Waals surface area contributed by atoms with Crippen molar-refractivity contribution in [2.24, 2.45) is 5.73 Å². The lowest BCUT2D eigenvalue weighted by Crippen LogP contribution is -2.45.